The number of phenolic OH excluding ortho intramolecular Hbond substituents is 1. The number of phenols is 1. The van der Waals surface area contributed by atoms with Crippen LogP contribution in [0.3, 0.4) is 0 Å². The van der Waals surface area contributed by atoms with Crippen molar-refractivity contribution in [2.24, 2.45) is 0 Å². The van der Waals surface area contributed by atoms with Gasteiger partial charge in [-0.1, -0.05) is 30.3 Å². The predicted octanol–water partition coefficient (Wildman–Crippen LogP) is 4.13. The maximum Gasteiger partial charge on any atom is 0.200 e. The first-order valence-corrected chi connectivity index (χ1v) is 7.20. The van der Waals surface area contributed by atoms with E-state index in [1.165, 1.54) is 14.2 Å². The van der Waals surface area contributed by atoms with Crippen LogP contribution in [0.4, 0.5) is 0 Å². The Morgan fingerprint density at radius 1 is 0.913 bits per heavy atom. The molecular formula is C19H17NO3. The van der Waals surface area contributed by atoms with Gasteiger partial charge in [0.2, 0.25) is 5.75 Å². The van der Waals surface area contributed by atoms with Crippen molar-refractivity contribution in [1.82, 2.24) is 4.98 Å². The van der Waals surface area contributed by atoms with E-state index in [0.29, 0.717) is 11.5 Å². The average Bonchev–Trinajstić information content (AvgIpc) is 2.60. The molecule has 3 rings (SSSR count). The van der Waals surface area contributed by atoms with Gasteiger partial charge in [0.05, 0.1) is 25.4 Å². The molecule has 0 saturated carbocycles. The van der Waals surface area contributed by atoms with Crippen molar-refractivity contribution in [3.63, 3.8) is 0 Å². The normalized spacial score (nSPS) is 11.0. The zero-order valence-electron chi connectivity index (χ0n) is 13.0. The third-order valence-electron chi connectivity index (χ3n) is 3.57. The number of rotatable bonds is 4. The number of hydrogen-bond donors (Lipinski definition) is 1. The molecule has 2 aromatic carbocycles. The van der Waals surface area contributed by atoms with Crippen LogP contribution in [0.5, 0.6) is 17.2 Å². The lowest BCUT2D eigenvalue weighted by Crippen LogP contribution is -1.90. The molecule has 0 amide bonds. The van der Waals surface area contributed by atoms with Crippen LogP contribution in [0.15, 0.2) is 48.5 Å². The first-order chi connectivity index (χ1) is 11.2. The molecule has 23 heavy (non-hydrogen) atoms. The molecule has 4 nitrogen and oxygen atoms in total. The smallest absolute Gasteiger partial charge is 0.200 e. The number of fused-ring (bicyclic) bond motifs is 1. The number of methoxy groups -OCH3 is 2. The quantitative estimate of drug-likeness (QED) is 0.787. The highest BCUT2D eigenvalue weighted by molar-refractivity contribution is 5.81. The highest BCUT2D eigenvalue weighted by Crippen LogP contribution is 2.37. The minimum atomic E-state index is -0.00372. The highest BCUT2D eigenvalue weighted by Gasteiger charge is 2.09. The first kappa shape index (κ1) is 14.9. The molecule has 116 valence electrons. The Morgan fingerprint density at radius 3 is 2.30 bits per heavy atom. The minimum absolute atomic E-state index is 0.00372. The van der Waals surface area contributed by atoms with E-state index in [-0.39, 0.29) is 5.75 Å². The third-order valence-corrected chi connectivity index (χ3v) is 3.57. The van der Waals surface area contributed by atoms with E-state index in [1.54, 1.807) is 12.1 Å². The van der Waals surface area contributed by atoms with Crippen LogP contribution in [0.2, 0.25) is 0 Å². The second-order valence-electron chi connectivity index (χ2n) is 5.04. The molecule has 4 heteroatoms. The summed E-state index contributed by atoms with van der Waals surface area (Å²) in [5, 5.41) is 11.0. The fourth-order valence-corrected chi connectivity index (χ4v) is 2.37. The zero-order chi connectivity index (χ0) is 16.2. The lowest BCUT2D eigenvalue weighted by atomic mass is 10.1. The van der Waals surface area contributed by atoms with Crippen LogP contribution < -0.4 is 9.47 Å². The van der Waals surface area contributed by atoms with E-state index in [4.69, 9.17) is 9.47 Å². The number of para-hydroxylation sites is 1. The fraction of sp³-hybridized carbons (Fsp3) is 0.105. The molecule has 0 fully saturated rings. The van der Waals surface area contributed by atoms with E-state index < -0.39 is 0 Å². The lowest BCUT2D eigenvalue weighted by molar-refractivity contribution is 0.340. The predicted molar refractivity (Wildman–Crippen MR) is 91.9 cm³/mol. The zero-order valence-corrected chi connectivity index (χ0v) is 13.0. The highest BCUT2D eigenvalue weighted by atomic mass is 16.5. The van der Waals surface area contributed by atoms with Crippen LogP contribution >= 0.6 is 0 Å². The van der Waals surface area contributed by atoms with Crippen LogP contribution in [0.25, 0.3) is 23.1 Å². The van der Waals surface area contributed by atoms with E-state index in [1.807, 2.05) is 48.6 Å². The summed E-state index contributed by atoms with van der Waals surface area (Å²) >= 11 is 0. The number of aromatic hydroxyl groups is 1. The molecule has 1 heterocycles. The number of nitrogens with zero attached hydrogens (tertiary/aromatic N) is 1. The summed E-state index contributed by atoms with van der Waals surface area (Å²) in [7, 11) is 3.01. The van der Waals surface area contributed by atoms with Gasteiger partial charge in [-0.05, 0) is 35.9 Å². The van der Waals surface area contributed by atoms with Crippen LogP contribution in [0.1, 0.15) is 11.3 Å². The summed E-state index contributed by atoms with van der Waals surface area (Å²) in [5.41, 5.74) is 2.66. The molecule has 0 bridgehead atoms. The molecule has 0 unspecified atom stereocenters. The lowest BCUT2D eigenvalue weighted by Gasteiger charge is -2.09. The van der Waals surface area contributed by atoms with Gasteiger partial charge in [0.1, 0.15) is 0 Å². The average molecular weight is 307 g/mol. The van der Waals surface area contributed by atoms with Crippen molar-refractivity contribution in [1.29, 1.82) is 0 Å². The second-order valence-corrected chi connectivity index (χ2v) is 5.04. The van der Waals surface area contributed by atoms with Crippen molar-refractivity contribution in [3.8, 4) is 17.2 Å². The van der Waals surface area contributed by atoms with Gasteiger partial charge < -0.3 is 14.6 Å². The molecule has 0 radical (unpaired) electrons. The van der Waals surface area contributed by atoms with E-state index in [2.05, 4.69) is 4.98 Å². The van der Waals surface area contributed by atoms with Gasteiger partial charge in [-0.3, -0.25) is 0 Å². The molecule has 0 aliphatic carbocycles. The number of benzene rings is 2. The van der Waals surface area contributed by atoms with Gasteiger partial charge in [-0.25, -0.2) is 4.98 Å². The standard InChI is InChI=1S/C19H17NO3/c1-22-17-11-13(12-18(23-2)19(17)21)7-9-15-10-8-14-5-3-4-6-16(14)20-15/h3-12,21H,1-2H3. The van der Waals surface area contributed by atoms with Crippen LogP contribution in [0, 0.1) is 0 Å². The summed E-state index contributed by atoms with van der Waals surface area (Å²) in [5.74, 6) is 0.738. The van der Waals surface area contributed by atoms with E-state index in [0.717, 1.165) is 22.2 Å². The summed E-state index contributed by atoms with van der Waals surface area (Å²) in [6.07, 6.45) is 3.82. The maximum absolute atomic E-state index is 9.93. The van der Waals surface area contributed by atoms with Crippen molar-refractivity contribution >= 4 is 23.1 Å². The van der Waals surface area contributed by atoms with Crippen LogP contribution in [-0.4, -0.2) is 24.3 Å². The molecule has 0 atom stereocenters. The molecule has 1 N–H and O–H groups in total. The summed E-state index contributed by atoms with van der Waals surface area (Å²) in [4.78, 5) is 4.59. The molecule has 3 aromatic rings. The Morgan fingerprint density at radius 2 is 1.61 bits per heavy atom. The van der Waals surface area contributed by atoms with Gasteiger partial charge >= 0.3 is 0 Å². The Balaban J connectivity index is 1.94. The Bertz CT molecular complexity index is 846. The summed E-state index contributed by atoms with van der Waals surface area (Å²) < 4.78 is 10.3. The largest absolute Gasteiger partial charge is 0.502 e. The number of pyridine rings is 1. The SMILES string of the molecule is COc1cc(C=Cc2ccc3ccccc3n2)cc(OC)c1O. The molecule has 0 spiro atoms. The van der Waals surface area contributed by atoms with Gasteiger partial charge in [-0.15, -0.1) is 0 Å². The van der Waals surface area contributed by atoms with Gasteiger partial charge in [0.15, 0.2) is 11.5 Å². The fourth-order valence-electron chi connectivity index (χ4n) is 2.37. The summed E-state index contributed by atoms with van der Waals surface area (Å²) in [6.45, 7) is 0. The molecule has 1 aromatic heterocycles. The van der Waals surface area contributed by atoms with E-state index in [9.17, 15) is 5.11 Å². The van der Waals surface area contributed by atoms with Crippen molar-refractivity contribution in [2.75, 3.05) is 14.2 Å². The number of ether oxygens (including phenoxy) is 2. The number of aromatic nitrogens is 1. The van der Waals surface area contributed by atoms with Crippen molar-refractivity contribution in [2.45, 2.75) is 0 Å². The maximum atomic E-state index is 9.93. The summed E-state index contributed by atoms with van der Waals surface area (Å²) in [6, 6.07) is 15.5. The second kappa shape index (κ2) is 6.40. The molecule has 0 aliphatic heterocycles. The van der Waals surface area contributed by atoms with Crippen LogP contribution in [-0.2, 0) is 0 Å². The first-order valence-electron chi connectivity index (χ1n) is 7.20. The van der Waals surface area contributed by atoms with Gasteiger partial charge in [0, 0.05) is 5.39 Å². The Labute approximate surface area is 134 Å². The van der Waals surface area contributed by atoms with Gasteiger partial charge in [-0.2, -0.15) is 0 Å². The topological polar surface area (TPSA) is 51.6 Å². The third kappa shape index (κ3) is 3.11. The molecule has 0 aliphatic rings. The van der Waals surface area contributed by atoms with Crippen molar-refractivity contribution < 1.29 is 14.6 Å². The number of hydrogen-bond acceptors (Lipinski definition) is 4. The monoisotopic (exact) mass is 307 g/mol. The van der Waals surface area contributed by atoms with Gasteiger partial charge in [0.25, 0.3) is 0 Å². The Kier molecular flexibility index (Phi) is 4.15. The Hall–Kier alpha value is -3.01. The van der Waals surface area contributed by atoms with E-state index >= 15 is 0 Å². The minimum Gasteiger partial charge on any atom is -0.502 e. The molecular weight excluding hydrogens is 290 g/mol. The molecule has 0 saturated heterocycles. The van der Waals surface area contributed by atoms with Crippen molar-refractivity contribution in [3.05, 3.63) is 59.8 Å².